The number of nitrogen functional groups attached to an aromatic ring is 1. The van der Waals surface area contributed by atoms with Crippen LogP contribution in [0.15, 0.2) is 12.1 Å². The molecule has 0 bridgehead atoms. The van der Waals surface area contributed by atoms with Crippen molar-refractivity contribution in [2.24, 2.45) is 0 Å². The lowest BCUT2D eigenvalue weighted by Crippen LogP contribution is -2.36. The number of nitrogens with one attached hydrogen (secondary N) is 1. The van der Waals surface area contributed by atoms with Crippen molar-refractivity contribution >= 4 is 28.6 Å². The van der Waals surface area contributed by atoms with Crippen LogP contribution < -0.4 is 25.4 Å². The summed E-state index contributed by atoms with van der Waals surface area (Å²) >= 11 is 0. The molecule has 1 atom stereocenters. The highest BCUT2D eigenvalue weighted by Crippen LogP contribution is 2.33. The van der Waals surface area contributed by atoms with Crippen molar-refractivity contribution in [3.8, 4) is 11.5 Å². The van der Waals surface area contributed by atoms with E-state index in [1.807, 2.05) is 18.9 Å². The van der Waals surface area contributed by atoms with Crippen molar-refractivity contribution in [3.05, 3.63) is 12.1 Å². The Balaban J connectivity index is 2.03. The fourth-order valence-electron chi connectivity index (χ4n) is 2.73. The lowest BCUT2D eigenvalue weighted by atomic mass is 10.2. The zero-order chi connectivity index (χ0) is 20.7. The Labute approximate surface area is 165 Å². The van der Waals surface area contributed by atoms with Crippen molar-refractivity contribution in [2.45, 2.75) is 26.4 Å². The van der Waals surface area contributed by atoms with Crippen LogP contribution in [-0.2, 0) is 9.53 Å². The van der Waals surface area contributed by atoms with Crippen molar-refractivity contribution in [2.75, 3.05) is 51.6 Å². The van der Waals surface area contributed by atoms with Gasteiger partial charge in [-0.3, -0.25) is 4.79 Å². The van der Waals surface area contributed by atoms with Gasteiger partial charge < -0.3 is 30.2 Å². The quantitative estimate of drug-likeness (QED) is 0.588. The molecule has 154 valence electrons. The van der Waals surface area contributed by atoms with Crippen molar-refractivity contribution in [1.82, 2.24) is 15.3 Å². The van der Waals surface area contributed by atoms with Crippen LogP contribution in [0.1, 0.15) is 20.3 Å². The molecule has 0 aliphatic carbocycles. The molecule has 3 N–H and O–H groups in total. The minimum Gasteiger partial charge on any atom is -0.493 e. The largest absolute Gasteiger partial charge is 0.493 e. The number of rotatable bonds is 10. The van der Waals surface area contributed by atoms with E-state index in [1.54, 1.807) is 33.3 Å². The third-order valence-corrected chi connectivity index (χ3v) is 4.32. The minimum absolute atomic E-state index is 0.114. The monoisotopic (exact) mass is 391 g/mol. The van der Waals surface area contributed by atoms with Gasteiger partial charge in [-0.05, 0) is 26.3 Å². The number of nitrogens with zero attached hydrogens (tertiary/aromatic N) is 3. The summed E-state index contributed by atoms with van der Waals surface area (Å²) in [5.74, 6) is 1.91. The highest BCUT2D eigenvalue weighted by atomic mass is 16.5. The van der Waals surface area contributed by atoms with Crippen LogP contribution >= 0.6 is 0 Å². The van der Waals surface area contributed by atoms with Crippen LogP contribution in [0.5, 0.6) is 11.5 Å². The Bertz CT molecular complexity index is 815. The van der Waals surface area contributed by atoms with Crippen LogP contribution in [0.2, 0.25) is 0 Å². The van der Waals surface area contributed by atoms with E-state index in [4.69, 9.17) is 19.9 Å². The smallest absolute Gasteiger partial charge is 0.248 e. The number of nitrogens with two attached hydrogens (primary N) is 1. The zero-order valence-electron chi connectivity index (χ0n) is 17.1. The molecule has 28 heavy (non-hydrogen) atoms. The molecule has 2 rings (SSSR count). The Morgan fingerprint density at radius 1 is 1.25 bits per heavy atom. The first-order valence-corrected chi connectivity index (χ1v) is 9.20. The molecule has 9 nitrogen and oxygen atoms in total. The number of methoxy groups -OCH3 is 2. The van der Waals surface area contributed by atoms with E-state index in [0.29, 0.717) is 53.9 Å². The number of anilines is 2. The van der Waals surface area contributed by atoms with Gasteiger partial charge in [0, 0.05) is 38.2 Å². The molecule has 1 aromatic carbocycles. The number of ether oxygens (including phenoxy) is 3. The van der Waals surface area contributed by atoms with Crippen LogP contribution in [0.4, 0.5) is 11.8 Å². The van der Waals surface area contributed by atoms with Gasteiger partial charge in [0.05, 0.1) is 19.7 Å². The second-order valence-corrected chi connectivity index (χ2v) is 6.30. The lowest BCUT2D eigenvalue weighted by Gasteiger charge is -2.19. The number of carbonyl (C=O) groups is 1. The van der Waals surface area contributed by atoms with E-state index < -0.39 is 6.10 Å². The lowest BCUT2D eigenvalue weighted by molar-refractivity contribution is -0.131. The maximum absolute atomic E-state index is 11.8. The Kier molecular flexibility index (Phi) is 7.62. The van der Waals surface area contributed by atoms with E-state index in [2.05, 4.69) is 15.3 Å². The second kappa shape index (κ2) is 9.93. The summed E-state index contributed by atoms with van der Waals surface area (Å²) < 4.78 is 15.9. The molecular weight excluding hydrogens is 362 g/mol. The molecule has 1 heterocycles. The molecule has 0 saturated heterocycles. The van der Waals surface area contributed by atoms with Gasteiger partial charge >= 0.3 is 0 Å². The van der Waals surface area contributed by atoms with E-state index >= 15 is 0 Å². The van der Waals surface area contributed by atoms with Gasteiger partial charge in [-0.2, -0.15) is 4.98 Å². The van der Waals surface area contributed by atoms with Gasteiger partial charge in [-0.25, -0.2) is 4.98 Å². The van der Waals surface area contributed by atoms with Crippen LogP contribution in [0.25, 0.3) is 10.9 Å². The molecule has 0 radical (unpaired) electrons. The summed E-state index contributed by atoms with van der Waals surface area (Å²) in [7, 11) is 5.02. The first-order chi connectivity index (χ1) is 13.4. The fraction of sp³-hybridized carbons (Fsp3) is 0.526. The highest BCUT2D eigenvalue weighted by molar-refractivity contribution is 5.91. The molecule has 1 unspecified atom stereocenters. The summed E-state index contributed by atoms with van der Waals surface area (Å²) in [4.78, 5) is 22.7. The van der Waals surface area contributed by atoms with Gasteiger partial charge in [-0.15, -0.1) is 0 Å². The number of hydrogen-bond donors (Lipinski definition) is 2. The van der Waals surface area contributed by atoms with Gasteiger partial charge in [0.1, 0.15) is 11.9 Å². The van der Waals surface area contributed by atoms with E-state index in [9.17, 15) is 4.79 Å². The number of amides is 1. The van der Waals surface area contributed by atoms with E-state index in [-0.39, 0.29) is 5.91 Å². The van der Waals surface area contributed by atoms with Gasteiger partial charge in [-0.1, -0.05) is 0 Å². The predicted octanol–water partition coefficient (Wildman–Crippen LogP) is 1.60. The average Bonchev–Trinajstić information content (AvgIpc) is 2.69. The molecule has 0 fully saturated rings. The Morgan fingerprint density at radius 2 is 1.93 bits per heavy atom. The number of hydrogen-bond acceptors (Lipinski definition) is 8. The van der Waals surface area contributed by atoms with E-state index in [0.717, 1.165) is 6.42 Å². The molecule has 0 aliphatic rings. The van der Waals surface area contributed by atoms with Crippen LogP contribution in [0, 0.1) is 0 Å². The summed E-state index contributed by atoms with van der Waals surface area (Å²) in [6.07, 6.45) is 0.284. The molecular formula is C19H29N5O4. The first kappa shape index (κ1) is 21.5. The number of aromatic nitrogens is 2. The van der Waals surface area contributed by atoms with Crippen molar-refractivity contribution in [1.29, 1.82) is 0 Å². The third kappa shape index (κ3) is 5.13. The molecule has 2 aromatic rings. The second-order valence-electron chi connectivity index (χ2n) is 6.30. The van der Waals surface area contributed by atoms with Gasteiger partial charge in [0.25, 0.3) is 0 Å². The Morgan fingerprint density at radius 3 is 2.57 bits per heavy atom. The third-order valence-electron chi connectivity index (χ3n) is 4.32. The topological polar surface area (TPSA) is 112 Å². The minimum atomic E-state index is -0.446. The summed E-state index contributed by atoms with van der Waals surface area (Å²) in [6.45, 7) is 5.30. The van der Waals surface area contributed by atoms with Crippen molar-refractivity contribution in [3.63, 3.8) is 0 Å². The predicted molar refractivity (Wildman–Crippen MR) is 109 cm³/mol. The normalized spacial score (nSPS) is 11.9. The molecule has 0 saturated carbocycles. The first-order valence-electron chi connectivity index (χ1n) is 9.20. The summed E-state index contributed by atoms with van der Waals surface area (Å²) in [5, 5.41) is 3.56. The maximum atomic E-state index is 11.8. The van der Waals surface area contributed by atoms with Gasteiger partial charge in [0.15, 0.2) is 11.5 Å². The van der Waals surface area contributed by atoms with Gasteiger partial charge in [0.2, 0.25) is 11.9 Å². The fourth-order valence-corrected chi connectivity index (χ4v) is 2.73. The zero-order valence-corrected chi connectivity index (χ0v) is 17.1. The molecule has 0 aliphatic heterocycles. The van der Waals surface area contributed by atoms with Crippen LogP contribution in [-0.4, -0.2) is 62.9 Å². The van der Waals surface area contributed by atoms with Crippen molar-refractivity contribution < 1.29 is 19.0 Å². The molecule has 0 spiro atoms. The van der Waals surface area contributed by atoms with Crippen LogP contribution in [0.3, 0.4) is 0 Å². The average molecular weight is 391 g/mol. The molecule has 1 aromatic heterocycles. The number of benzene rings is 1. The number of carbonyl (C=O) groups excluding carboxylic acids is 1. The number of fused-ring (bicyclic) bond motifs is 1. The highest BCUT2D eigenvalue weighted by Gasteiger charge is 2.14. The Hall–Kier alpha value is -2.81. The molecule has 9 heteroatoms. The summed E-state index contributed by atoms with van der Waals surface area (Å²) in [5.41, 5.74) is 6.79. The molecule has 1 amide bonds. The standard InChI is InChI=1S/C19H29N5O4/c1-6-28-12(2)18(25)21-8-7-9-24(3)19-22-14-11-16(27-5)15(26-4)10-13(14)17(20)23-19/h10-12H,6-9H2,1-5H3,(H,21,25)(H2,20,22,23). The summed E-state index contributed by atoms with van der Waals surface area (Å²) in [6, 6.07) is 3.54. The SMILES string of the molecule is CCOC(C)C(=O)NCCCN(C)c1nc(N)c2cc(OC)c(OC)cc2n1. The van der Waals surface area contributed by atoms with E-state index in [1.165, 1.54) is 0 Å². The maximum Gasteiger partial charge on any atom is 0.248 e.